The first kappa shape index (κ1) is 17.6. The van der Waals surface area contributed by atoms with Gasteiger partial charge in [-0.25, -0.2) is 9.37 Å². The van der Waals surface area contributed by atoms with Gasteiger partial charge in [0.05, 0.1) is 23.6 Å². The van der Waals surface area contributed by atoms with E-state index in [9.17, 15) is 9.18 Å². The Morgan fingerprint density at radius 2 is 2.15 bits per heavy atom. The van der Waals surface area contributed by atoms with Gasteiger partial charge in [0.15, 0.2) is 0 Å². The molecule has 3 aromatic rings. The number of aromatic amines is 1. The smallest absolute Gasteiger partial charge is 0.237 e. The molecule has 3 heterocycles. The second kappa shape index (κ2) is 7.44. The topological polar surface area (TPSA) is 65.1 Å². The number of imidazole rings is 1. The zero-order chi connectivity index (χ0) is 18.8. The molecule has 0 spiro atoms. The molecule has 0 saturated carbocycles. The van der Waals surface area contributed by atoms with Crippen LogP contribution in [0.15, 0.2) is 42.7 Å². The highest BCUT2D eigenvalue weighted by atomic mass is 19.1. The van der Waals surface area contributed by atoms with E-state index in [1.165, 1.54) is 12.1 Å². The van der Waals surface area contributed by atoms with E-state index < -0.39 is 0 Å². The number of carbonyl (C=O) groups is 1. The van der Waals surface area contributed by atoms with Crippen LogP contribution in [0.1, 0.15) is 30.3 Å². The molecule has 1 atom stereocenters. The molecule has 2 aromatic heterocycles. The number of hydrogen-bond donors (Lipinski definition) is 1. The molecule has 140 valence electrons. The van der Waals surface area contributed by atoms with Crippen LogP contribution < -0.4 is 0 Å². The van der Waals surface area contributed by atoms with E-state index in [-0.39, 0.29) is 17.8 Å². The molecule has 1 aliphatic rings. The summed E-state index contributed by atoms with van der Waals surface area (Å²) < 4.78 is 13.4. The Morgan fingerprint density at radius 3 is 2.96 bits per heavy atom. The third-order valence-electron chi connectivity index (χ3n) is 4.96. The number of amides is 1. The monoisotopic (exact) mass is 367 g/mol. The average Bonchev–Trinajstić information content (AvgIpc) is 3.28. The molecule has 7 heteroatoms. The highest BCUT2D eigenvalue weighted by Gasteiger charge is 2.32. The van der Waals surface area contributed by atoms with Gasteiger partial charge in [-0.05, 0) is 55.8 Å². The zero-order valence-electron chi connectivity index (χ0n) is 15.2. The molecule has 0 aliphatic carbocycles. The maximum atomic E-state index is 13.4. The zero-order valence-corrected chi connectivity index (χ0v) is 15.2. The fraction of sp³-hybridized carbons (Fsp3) is 0.350. The van der Waals surface area contributed by atoms with E-state index in [0.29, 0.717) is 18.6 Å². The Balaban J connectivity index is 1.46. The first-order valence-electron chi connectivity index (χ1n) is 9.12. The summed E-state index contributed by atoms with van der Waals surface area (Å²) in [5.74, 6) is 0.522. The number of hydrogen-bond acceptors (Lipinski definition) is 4. The van der Waals surface area contributed by atoms with Gasteiger partial charge in [-0.15, -0.1) is 0 Å². The summed E-state index contributed by atoms with van der Waals surface area (Å²) in [7, 11) is 1.94. The summed E-state index contributed by atoms with van der Waals surface area (Å²) in [4.78, 5) is 28.5. The minimum atomic E-state index is -0.296. The lowest BCUT2D eigenvalue weighted by Crippen LogP contribution is -2.38. The molecular formula is C20H22FN5O. The minimum absolute atomic E-state index is 0.0812. The van der Waals surface area contributed by atoms with Gasteiger partial charge in [0.2, 0.25) is 5.91 Å². The molecule has 0 bridgehead atoms. The number of aromatic nitrogens is 3. The molecule has 1 saturated heterocycles. The van der Waals surface area contributed by atoms with Gasteiger partial charge in [0, 0.05) is 25.5 Å². The number of nitrogens with one attached hydrogen (secondary N) is 1. The van der Waals surface area contributed by atoms with Crippen molar-refractivity contribution in [1.29, 1.82) is 0 Å². The van der Waals surface area contributed by atoms with Crippen LogP contribution >= 0.6 is 0 Å². The summed E-state index contributed by atoms with van der Waals surface area (Å²) >= 11 is 0. The highest BCUT2D eigenvalue weighted by molar-refractivity contribution is 5.79. The first-order chi connectivity index (χ1) is 13.1. The molecule has 1 aliphatic heterocycles. The molecule has 1 aromatic carbocycles. The Kier molecular flexibility index (Phi) is 4.85. The van der Waals surface area contributed by atoms with Crippen LogP contribution in [0.25, 0.3) is 11.0 Å². The van der Waals surface area contributed by atoms with Gasteiger partial charge in [0.1, 0.15) is 11.6 Å². The maximum Gasteiger partial charge on any atom is 0.237 e. The Morgan fingerprint density at radius 1 is 1.33 bits per heavy atom. The summed E-state index contributed by atoms with van der Waals surface area (Å²) in [6, 6.07) is 8.32. The van der Waals surface area contributed by atoms with Crippen LogP contribution in [0.3, 0.4) is 0 Å². The summed E-state index contributed by atoms with van der Waals surface area (Å²) in [6.45, 7) is 1.75. The van der Waals surface area contributed by atoms with Crippen LogP contribution in [0.2, 0.25) is 0 Å². The lowest BCUT2D eigenvalue weighted by molar-refractivity contribution is -0.133. The van der Waals surface area contributed by atoms with Gasteiger partial charge in [-0.2, -0.15) is 0 Å². The standard InChI is InChI=1S/C20H22FN5O/c1-25(12-14-6-8-22-9-7-14)13-19(27)26-10-2-3-18(26)20-23-16-5-4-15(21)11-17(16)24-20/h4-9,11,18H,2-3,10,12-13H2,1H3,(H,23,24). The van der Waals surface area contributed by atoms with Crippen LogP contribution in [0.5, 0.6) is 0 Å². The van der Waals surface area contributed by atoms with E-state index in [1.54, 1.807) is 18.5 Å². The molecule has 1 N–H and O–H groups in total. The van der Waals surface area contributed by atoms with Crippen LogP contribution in [-0.4, -0.2) is 50.8 Å². The predicted octanol–water partition coefficient (Wildman–Crippen LogP) is 2.89. The molecule has 6 nitrogen and oxygen atoms in total. The second-order valence-electron chi connectivity index (χ2n) is 7.06. The van der Waals surface area contributed by atoms with Crippen molar-refractivity contribution in [2.45, 2.75) is 25.4 Å². The number of carbonyl (C=O) groups excluding carboxylic acids is 1. The van der Waals surface area contributed by atoms with Gasteiger partial charge < -0.3 is 9.88 Å². The maximum absolute atomic E-state index is 13.4. The van der Waals surface area contributed by atoms with Crippen molar-refractivity contribution in [1.82, 2.24) is 24.8 Å². The predicted molar refractivity (Wildman–Crippen MR) is 100 cm³/mol. The molecule has 4 rings (SSSR count). The van der Waals surface area contributed by atoms with Crippen molar-refractivity contribution in [3.05, 3.63) is 59.9 Å². The SMILES string of the molecule is CN(CC(=O)N1CCCC1c1nc2ccc(F)cc2[nH]1)Cc1ccncc1. The number of halogens is 1. The quantitative estimate of drug-likeness (QED) is 0.753. The van der Waals surface area contributed by atoms with E-state index in [1.807, 2.05) is 29.0 Å². The highest BCUT2D eigenvalue weighted by Crippen LogP contribution is 2.31. The van der Waals surface area contributed by atoms with Crippen molar-refractivity contribution in [2.24, 2.45) is 0 Å². The second-order valence-corrected chi connectivity index (χ2v) is 7.06. The Bertz CT molecular complexity index is 942. The molecule has 27 heavy (non-hydrogen) atoms. The summed E-state index contributed by atoms with van der Waals surface area (Å²) in [5, 5.41) is 0. The normalized spacial score (nSPS) is 17.1. The molecule has 1 amide bonds. The molecular weight excluding hydrogens is 345 g/mol. The lowest BCUT2D eigenvalue weighted by Gasteiger charge is -2.26. The van der Waals surface area contributed by atoms with Crippen LogP contribution in [-0.2, 0) is 11.3 Å². The van der Waals surface area contributed by atoms with Gasteiger partial charge in [-0.1, -0.05) is 0 Å². The van der Waals surface area contributed by atoms with E-state index in [0.717, 1.165) is 36.3 Å². The third kappa shape index (κ3) is 3.83. The number of rotatable bonds is 5. The van der Waals surface area contributed by atoms with E-state index in [2.05, 4.69) is 15.0 Å². The Hall–Kier alpha value is -2.80. The van der Waals surface area contributed by atoms with Crippen molar-refractivity contribution in [2.75, 3.05) is 20.1 Å². The number of benzene rings is 1. The number of fused-ring (bicyclic) bond motifs is 1. The third-order valence-corrected chi connectivity index (χ3v) is 4.96. The number of nitrogens with zero attached hydrogens (tertiary/aromatic N) is 4. The molecule has 1 fully saturated rings. The van der Waals surface area contributed by atoms with Gasteiger partial charge in [-0.3, -0.25) is 14.7 Å². The number of likely N-dealkylation sites (N-methyl/N-ethyl adjacent to an activating group) is 1. The minimum Gasteiger partial charge on any atom is -0.340 e. The number of pyridine rings is 1. The average molecular weight is 367 g/mol. The molecule has 0 radical (unpaired) electrons. The van der Waals surface area contributed by atoms with Crippen molar-refractivity contribution in [3.63, 3.8) is 0 Å². The fourth-order valence-electron chi connectivity index (χ4n) is 3.69. The summed E-state index contributed by atoms with van der Waals surface area (Å²) in [6.07, 6.45) is 5.32. The molecule has 1 unspecified atom stereocenters. The number of H-pyrrole nitrogens is 1. The lowest BCUT2D eigenvalue weighted by atomic mass is 10.2. The van der Waals surface area contributed by atoms with Crippen LogP contribution in [0, 0.1) is 5.82 Å². The number of likely N-dealkylation sites (tertiary alicyclic amines) is 1. The van der Waals surface area contributed by atoms with Crippen LogP contribution in [0.4, 0.5) is 4.39 Å². The van der Waals surface area contributed by atoms with Crippen molar-refractivity contribution >= 4 is 16.9 Å². The van der Waals surface area contributed by atoms with E-state index >= 15 is 0 Å². The largest absolute Gasteiger partial charge is 0.340 e. The fourth-order valence-corrected chi connectivity index (χ4v) is 3.69. The van der Waals surface area contributed by atoms with E-state index in [4.69, 9.17) is 0 Å². The van der Waals surface area contributed by atoms with Gasteiger partial charge >= 0.3 is 0 Å². The van der Waals surface area contributed by atoms with Gasteiger partial charge in [0.25, 0.3) is 0 Å². The first-order valence-corrected chi connectivity index (χ1v) is 9.12. The summed E-state index contributed by atoms with van der Waals surface area (Å²) in [5.41, 5.74) is 2.51. The Labute approximate surface area is 157 Å². The van der Waals surface area contributed by atoms with Crippen molar-refractivity contribution in [3.8, 4) is 0 Å². The van der Waals surface area contributed by atoms with Crippen molar-refractivity contribution < 1.29 is 9.18 Å².